The summed E-state index contributed by atoms with van der Waals surface area (Å²) in [6, 6.07) is 0. The summed E-state index contributed by atoms with van der Waals surface area (Å²) >= 11 is 0. The highest BCUT2D eigenvalue weighted by molar-refractivity contribution is 6.24. The molecule has 1 saturated heterocycles. The second kappa shape index (κ2) is 11.1. The first-order valence-corrected chi connectivity index (χ1v) is 15.1. The molecule has 45 heavy (non-hydrogen) atoms. The molecule has 2 aliphatic heterocycles. The smallest absolute Gasteiger partial charge is 0.321 e. The van der Waals surface area contributed by atoms with Gasteiger partial charge in [0, 0.05) is 74.3 Å². The van der Waals surface area contributed by atoms with Crippen LogP contribution < -0.4 is 16.0 Å². The van der Waals surface area contributed by atoms with E-state index in [9.17, 15) is 24.3 Å². The molecule has 5 N–H and O–H groups in total. The number of hydrogen-bond donors (Lipinski definition) is 5. The highest BCUT2D eigenvalue weighted by atomic mass is 16.5. The van der Waals surface area contributed by atoms with Crippen LogP contribution in [0.5, 0.6) is 0 Å². The summed E-state index contributed by atoms with van der Waals surface area (Å²) in [5.41, 5.74) is 8.98. The highest BCUT2D eigenvalue weighted by Crippen LogP contribution is 2.48. The van der Waals surface area contributed by atoms with Crippen LogP contribution in [-0.2, 0) is 20.7 Å². The van der Waals surface area contributed by atoms with Crippen LogP contribution in [0.1, 0.15) is 92.4 Å². The number of Topliss-reactive ketones (excluding diaryl/α,β-unsaturated/α-hetero) is 1. The molecule has 0 radical (unpaired) electrons. The minimum Gasteiger partial charge on any atom is -0.481 e. The number of ether oxygens (including phenoxy) is 1. The third kappa shape index (κ3) is 4.54. The summed E-state index contributed by atoms with van der Waals surface area (Å²) in [6.07, 6.45) is 9.23. The SMILES string of the molecule is C=Cc1c2[nH]c(c1C)/C=C1/N/C(=C3\c4[nH]c(c(C)c4C(=O)[C@@H]3C(=O)OC)/C=c3\[nH]/c(c(C=O)c3CC)=C\2)[C@@H](CCC(=O)O)[C@@H]1C. The van der Waals surface area contributed by atoms with Crippen LogP contribution in [0, 0.1) is 31.6 Å². The number of aldehydes is 1. The first-order valence-electron chi connectivity index (χ1n) is 15.1. The number of ketones is 1. The van der Waals surface area contributed by atoms with Gasteiger partial charge >= 0.3 is 11.9 Å². The van der Waals surface area contributed by atoms with E-state index in [-0.39, 0.29) is 24.0 Å². The third-order valence-corrected chi connectivity index (χ3v) is 9.63. The van der Waals surface area contributed by atoms with Crippen molar-refractivity contribution in [3.63, 3.8) is 0 Å². The monoisotopic (exact) mass is 608 g/mol. The van der Waals surface area contributed by atoms with Gasteiger partial charge < -0.3 is 30.1 Å². The maximum absolute atomic E-state index is 14.0. The van der Waals surface area contributed by atoms with E-state index in [1.54, 1.807) is 6.08 Å². The number of carbonyl (C=O) groups is 4. The maximum atomic E-state index is 14.0. The second-order valence-electron chi connectivity index (χ2n) is 11.9. The van der Waals surface area contributed by atoms with E-state index in [2.05, 4.69) is 26.8 Å². The standard InChI is InChI=1S/C35H36N4O6/c1-7-18-15(3)22-11-23-16(4)20(9-10-28(41)42)32(38-23)30-31(35(44)45-6)34(43)29-17(5)24(39-33(29)30)12-26-19(8-2)21(14-40)27(37-26)13-25(18)36-22/h7,11-14,16,20,31,36-39H,1,8-10H2,2-6H3,(H,41,42)/b23-11+,26-12-,27-13-,32-30-/t16-,20-,31+/m0/s1. The largest absolute Gasteiger partial charge is 0.481 e. The Morgan fingerprint density at radius 3 is 2.38 bits per heavy atom. The number of aromatic nitrogens is 3. The number of rotatable bonds is 7. The normalized spacial score (nSPS) is 24.2. The van der Waals surface area contributed by atoms with Crippen LogP contribution in [0.25, 0.3) is 29.9 Å². The topological polar surface area (TPSA) is 157 Å². The molecule has 10 nitrogen and oxygen atoms in total. The molecule has 10 heteroatoms. The lowest BCUT2D eigenvalue weighted by Gasteiger charge is -2.19. The predicted octanol–water partition coefficient (Wildman–Crippen LogP) is 3.73. The van der Waals surface area contributed by atoms with Gasteiger partial charge in [-0.2, -0.15) is 0 Å². The number of esters is 1. The van der Waals surface area contributed by atoms with E-state index in [1.807, 2.05) is 45.9 Å². The van der Waals surface area contributed by atoms with Crippen LogP contribution in [-0.4, -0.2) is 51.2 Å². The Labute approximate surface area is 259 Å². The molecule has 3 aliphatic rings. The summed E-state index contributed by atoms with van der Waals surface area (Å²) < 4.78 is 5.13. The average molecular weight is 609 g/mol. The Morgan fingerprint density at radius 2 is 1.73 bits per heavy atom. The number of fused-ring (bicyclic) bond motifs is 7. The van der Waals surface area contributed by atoms with Crippen LogP contribution in [0.4, 0.5) is 0 Å². The first kappa shape index (κ1) is 29.9. The number of aliphatic carboxylic acids is 1. The average Bonchev–Trinajstić information content (AvgIpc) is 3.76. The lowest BCUT2D eigenvalue weighted by atomic mass is 9.85. The van der Waals surface area contributed by atoms with Gasteiger partial charge in [0.1, 0.15) is 5.92 Å². The van der Waals surface area contributed by atoms with Crippen LogP contribution >= 0.6 is 0 Å². The van der Waals surface area contributed by atoms with Gasteiger partial charge in [-0.1, -0.05) is 26.5 Å². The van der Waals surface area contributed by atoms with Crippen molar-refractivity contribution in [2.24, 2.45) is 17.8 Å². The molecule has 3 aromatic heterocycles. The number of carboxylic acids is 1. The molecule has 0 aromatic carbocycles. The third-order valence-electron chi connectivity index (χ3n) is 9.63. The van der Waals surface area contributed by atoms with Crippen molar-refractivity contribution in [2.75, 3.05) is 7.11 Å². The van der Waals surface area contributed by atoms with Crippen molar-refractivity contribution in [1.29, 1.82) is 0 Å². The quantitative estimate of drug-likeness (QED) is 0.155. The lowest BCUT2D eigenvalue weighted by molar-refractivity contribution is -0.142. The van der Waals surface area contributed by atoms with Crippen molar-refractivity contribution in [3.8, 4) is 0 Å². The Bertz CT molecular complexity index is 2010. The molecule has 1 aliphatic carbocycles. The molecule has 8 bridgehead atoms. The molecule has 6 rings (SSSR count). The van der Waals surface area contributed by atoms with Gasteiger partial charge in [0.05, 0.1) is 18.2 Å². The Hall–Kier alpha value is -5.12. The van der Waals surface area contributed by atoms with E-state index in [0.29, 0.717) is 57.5 Å². The van der Waals surface area contributed by atoms with E-state index >= 15 is 0 Å². The van der Waals surface area contributed by atoms with Gasteiger partial charge in [-0.3, -0.25) is 19.2 Å². The fourth-order valence-electron chi connectivity index (χ4n) is 7.22. The van der Waals surface area contributed by atoms with E-state index in [0.717, 1.165) is 45.4 Å². The zero-order chi connectivity index (χ0) is 32.3. The van der Waals surface area contributed by atoms with Gasteiger partial charge in [0.2, 0.25) is 0 Å². The molecule has 232 valence electrons. The summed E-state index contributed by atoms with van der Waals surface area (Å²) in [5, 5.41) is 14.5. The van der Waals surface area contributed by atoms with Crippen molar-refractivity contribution in [2.45, 2.75) is 47.0 Å². The zero-order valence-electron chi connectivity index (χ0n) is 25.9. The number of H-pyrrole nitrogens is 3. The van der Waals surface area contributed by atoms with Gasteiger partial charge in [-0.25, -0.2) is 0 Å². The Kier molecular flexibility index (Phi) is 7.39. The van der Waals surface area contributed by atoms with Crippen molar-refractivity contribution < 1.29 is 29.0 Å². The van der Waals surface area contributed by atoms with Crippen molar-refractivity contribution >= 4 is 53.9 Å². The van der Waals surface area contributed by atoms with Gasteiger partial charge in [0.15, 0.2) is 12.1 Å². The highest BCUT2D eigenvalue weighted by Gasteiger charge is 2.48. The van der Waals surface area contributed by atoms with Crippen LogP contribution in [0.15, 0.2) is 18.0 Å². The minimum atomic E-state index is -1.20. The van der Waals surface area contributed by atoms with Crippen molar-refractivity contribution in [1.82, 2.24) is 20.3 Å². The zero-order valence-corrected chi connectivity index (χ0v) is 25.9. The van der Waals surface area contributed by atoms with Crippen LogP contribution in [0.3, 0.4) is 0 Å². The molecule has 3 atom stereocenters. The minimum absolute atomic E-state index is 0.0811. The number of allylic oxidation sites excluding steroid dienone is 2. The molecular formula is C35H36N4O6. The fraction of sp³-hybridized carbons (Fsp3) is 0.314. The maximum Gasteiger partial charge on any atom is 0.321 e. The Balaban J connectivity index is 1.75. The predicted molar refractivity (Wildman–Crippen MR) is 170 cm³/mol. The molecule has 0 amide bonds. The molecule has 5 heterocycles. The van der Waals surface area contributed by atoms with E-state index < -0.39 is 17.9 Å². The van der Waals surface area contributed by atoms with Crippen molar-refractivity contribution in [3.05, 3.63) is 84.8 Å². The molecule has 0 spiro atoms. The number of methoxy groups -OCH3 is 1. The van der Waals surface area contributed by atoms with E-state index in [1.165, 1.54) is 7.11 Å². The van der Waals surface area contributed by atoms with Gasteiger partial charge in [-0.05, 0) is 61.6 Å². The number of hydrogen-bond acceptors (Lipinski definition) is 6. The van der Waals surface area contributed by atoms with Crippen LogP contribution in [0.2, 0.25) is 0 Å². The number of carboxylic acid groups (broad SMARTS) is 1. The summed E-state index contributed by atoms with van der Waals surface area (Å²) in [5.74, 6) is -3.65. The molecule has 1 fully saturated rings. The lowest BCUT2D eigenvalue weighted by Crippen LogP contribution is -2.25. The Morgan fingerprint density at radius 1 is 1.02 bits per heavy atom. The summed E-state index contributed by atoms with van der Waals surface area (Å²) in [6.45, 7) is 11.8. The molecule has 0 unspecified atom stereocenters. The number of carbonyl (C=O) groups excluding carboxylic acids is 3. The summed E-state index contributed by atoms with van der Waals surface area (Å²) in [7, 11) is 1.26. The molecular weight excluding hydrogens is 572 g/mol. The van der Waals surface area contributed by atoms with E-state index in [4.69, 9.17) is 4.74 Å². The molecule has 0 saturated carbocycles. The van der Waals surface area contributed by atoms with Gasteiger partial charge in [-0.15, -0.1) is 0 Å². The fourth-order valence-corrected chi connectivity index (χ4v) is 7.22. The molecule has 3 aromatic rings. The van der Waals surface area contributed by atoms with Gasteiger partial charge in [0.25, 0.3) is 0 Å². The number of nitrogens with one attached hydrogen (secondary N) is 4. The first-order chi connectivity index (χ1) is 21.5. The number of aromatic amines is 3. The summed E-state index contributed by atoms with van der Waals surface area (Å²) in [4.78, 5) is 61.7. The second-order valence-corrected chi connectivity index (χ2v) is 11.9.